The summed E-state index contributed by atoms with van der Waals surface area (Å²) in [5.41, 5.74) is 3.73. The minimum Gasteiger partial charge on any atom is -0.481 e. The van der Waals surface area contributed by atoms with Crippen LogP contribution in [0.2, 0.25) is 0 Å². The highest BCUT2D eigenvalue weighted by molar-refractivity contribution is 7.99. The van der Waals surface area contributed by atoms with E-state index in [0.717, 1.165) is 11.3 Å². The molecule has 0 spiro atoms. The van der Waals surface area contributed by atoms with Gasteiger partial charge in [0.15, 0.2) is 0 Å². The van der Waals surface area contributed by atoms with Gasteiger partial charge in [-0.2, -0.15) is 0 Å². The van der Waals surface area contributed by atoms with Crippen molar-refractivity contribution < 1.29 is 9.53 Å². The number of aryl methyl sites for hydroxylation is 1. The number of rotatable bonds is 6. The predicted octanol–water partition coefficient (Wildman–Crippen LogP) is 2.92. The summed E-state index contributed by atoms with van der Waals surface area (Å²) in [4.78, 5) is 20.6. The molecule has 0 aliphatic carbocycles. The second-order valence-electron chi connectivity index (χ2n) is 5.33. The first kappa shape index (κ1) is 16.3. The standard InChI is InChI=1S/C17H18N4O2S/c1-12-3-5-15-19-14(9-21(15)8-12)10-24-11-16(22)20-13-4-6-17(23-2)18-7-13/h3-9H,10-11H2,1-2H3,(H,20,22). The molecular formula is C17H18N4O2S. The fourth-order valence-electron chi connectivity index (χ4n) is 2.25. The van der Waals surface area contributed by atoms with Crippen LogP contribution in [0, 0.1) is 6.92 Å². The number of carbonyl (C=O) groups excluding carboxylic acids is 1. The molecule has 0 unspecified atom stereocenters. The molecule has 3 heterocycles. The summed E-state index contributed by atoms with van der Waals surface area (Å²) in [6, 6.07) is 7.50. The number of thioether (sulfide) groups is 1. The lowest BCUT2D eigenvalue weighted by Crippen LogP contribution is -2.14. The van der Waals surface area contributed by atoms with Gasteiger partial charge in [-0.05, 0) is 24.6 Å². The van der Waals surface area contributed by atoms with Gasteiger partial charge in [-0.15, -0.1) is 11.8 Å². The van der Waals surface area contributed by atoms with Gasteiger partial charge >= 0.3 is 0 Å². The van der Waals surface area contributed by atoms with Gasteiger partial charge in [0.25, 0.3) is 0 Å². The molecule has 0 aliphatic rings. The number of amides is 1. The Bertz CT molecular complexity index is 845. The molecule has 0 atom stereocenters. The normalized spacial score (nSPS) is 10.8. The van der Waals surface area contributed by atoms with Crippen molar-refractivity contribution in [2.75, 3.05) is 18.2 Å². The number of nitrogens with zero attached hydrogens (tertiary/aromatic N) is 3. The second kappa shape index (κ2) is 7.35. The first-order valence-electron chi connectivity index (χ1n) is 7.46. The third kappa shape index (κ3) is 4.05. The quantitative estimate of drug-likeness (QED) is 0.746. The zero-order valence-electron chi connectivity index (χ0n) is 13.5. The van der Waals surface area contributed by atoms with Crippen LogP contribution in [0.1, 0.15) is 11.3 Å². The summed E-state index contributed by atoms with van der Waals surface area (Å²) in [7, 11) is 1.55. The molecule has 6 nitrogen and oxygen atoms in total. The van der Waals surface area contributed by atoms with Crippen LogP contribution in [0.25, 0.3) is 5.65 Å². The first-order chi connectivity index (χ1) is 11.6. The first-order valence-corrected chi connectivity index (χ1v) is 8.61. The monoisotopic (exact) mass is 342 g/mol. The molecule has 124 valence electrons. The minimum atomic E-state index is -0.0634. The highest BCUT2D eigenvalue weighted by Crippen LogP contribution is 2.15. The molecule has 1 N–H and O–H groups in total. The number of ether oxygens (including phenoxy) is 1. The van der Waals surface area contributed by atoms with Gasteiger partial charge in [0.2, 0.25) is 11.8 Å². The maximum absolute atomic E-state index is 12.0. The average molecular weight is 342 g/mol. The van der Waals surface area contributed by atoms with Crippen molar-refractivity contribution in [2.45, 2.75) is 12.7 Å². The molecule has 0 fully saturated rings. The Labute approximate surface area is 144 Å². The van der Waals surface area contributed by atoms with E-state index in [0.29, 0.717) is 23.1 Å². The number of anilines is 1. The van der Waals surface area contributed by atoms with Crippen molar-refractivity contribution in [3.63, 3.8) is 0 Å². The van der Waals surface area contributed by atoms with Crippen LogP contribution in [0.4, 0.5) is 5.69 Å². The molecule has 7 heteroatoms. The highest BCUT2D eigenvalue weighted by Gasteiger charge is 2.06. The summed E-state index contributed by atoms with van der Waals surface area (Å²) in [5.74, 6) is 1.50. The zero-order valence-corrected chi connectivity index (χ0v) is 14.3. The number of methoxy groups -OCH3 is 1. The average Bonchev–Trinajstić information content (AvgIpc) is 2.97. The molecule has 0 saturated carbocycles. The van der Waals surface area contributed by atoms with Crippen LogP contribution in [-0.4, -0.2) is 33.1 Å². The molecule has 1 amide bonds. The van der Waals surface area contributed by atoms with Crippen LogP contribution in [-0.2, 0) is 10.5 Å². The van der Waals surface area contributed by atoms with Crippen LogP contribution >= 0.6 is 11.8 Å². The number of aromatic nitrogens is 3. The molecule has 24 heavy (non-hydrogen) atoms. The van der Waals surface area contributed by atoms with Crippen LogP contribution in [0.5, 0.6) is 5.88 Å². The summed E-state index contributed by atoms with van der Waals surface area (Å²) in [6.45, 7) is 2.05. The van der Waals surface area contributed by atoms with E-state index in [1.54, 1.807) is 25.4 Å². The summed E-state index contributed by atoms with van der Waals surface area (Å²) in [5, 5.41) is 2.81. The SMILES string of the molecule is COc1ccc(NC(=O)CSCc2cn3cc(C)ccc3n2)cn1. The molecule has 3 rings (SSSR count). The number of pyridine rings is 2. The summed E-state index contributed by atoms with van der Waals surface area (Å²) >= 11 is 1.53. The van der Waals surface area contributed by atoms with E-state index in [2.05, 4.69) is 15.3 Å². The van der Waals surface area contributed by atoms with Crippen molar-refractivity contribution in [3.8, 4) is 5.88 Å². The van der Waals surface area contributed by atoms with Gasteiger partial charge in [-0.3, -0.25) is 4.79 Å². The largest absolute Gasteiger partial charge is 0.481 e. The van der Waals surface area contributed by atoms with Crippen LogP contribution < -0.4 is 10.1 Å². The number of hydrogen-bond donors (Lipinski definition) is 1. The Morgan fingerprint density at radius 2 is 2.17 bits per heavy atom. The van der Waals surface area contributed by atoms with E-state index in [4.69, 9.17) is 4.74 Å². The molecular weight excluding hydrogens is 324 g/mol. The Hall–Kier alpha value is -2.54. The number of carbonyl (C=O) groups is 1. The molecule has 0 radical (unpaired) electrons. The van der Waals surface area contributed by atoms with Crippen molar-refractivity contribution in [1.82, 2.24) is 14.4 Å². The number of nitrogens with one attached hydrogen (secondary N) is 1. The number of hydrogen-bond acceptors (Lipinski definition) is 5. The van der Waals surface area contributed by atoms with Crippen molar-refractivity contribution in [1.29, 1.82) is 0 Å². The molecule has 3 aromatic rings. The lowest BCUT2D eigenvalue weighted by atomic mass is 10.3. The Morgan fingerprint density at radius 3 is 2.92 bits per heavy atom. The molecule has 0 bridgehead atoms. The smallest absolute Gasteiger partial charge is 0.234 e. The molecule has 0 aliphatic heterocycles. The zero-order chi connectivity index (χ0) is 16.9. The summed E-state index contributed by atoms with van der Waals surface area (Å²) < 4.78 is 6.99. The van der Waals surface area contributed by atoms with E-state index < -0.39 is 0 Å². The lowest BCUT2D eigenvalue weighted by molar-refractivity contribution is -0.113. The molecule has 0 saturated heterocycles. The number of fused-ring (bicyclic) bond motifs is 1. The summed E-state index contributed by atoms with van der Waals surface area (Å²) in [6.07, 6.45) is 5.62. The van der Waals surface area contributed by atoms with E-state index in [9.17, 15) is 4.79 Å². The molecule has 3 aromatic heterocycles. The van der Waals surface area contributed by atoms with Gasteiger partial charge in [0, 0.05) is 24.2 Å². The Kier molecular flexibility index (Phi) is 5.00. The maximum atomic E-state index is 12.0. The topological polar surface area (TPSA) is 68.5 Å². The maximum Gasteiger partial charge on any atom is 0.234 e. The van der Waals surface area contributed by atoms with E-state index in [1.165, 1.54) is 17.3 Å². The lowest BCUT2D eigenvalue weighted by Gasteiger charge is -2.05. The number of imidazole rings is 1. The van der Waals surface area contributed by atoms with Crippen molar-refractivity contribution in [2.24, 2.45) is 0 Å². The van der Waals surface area contributed by atoms with Crippen LogP contribution in [0.3, 0.4) is 0 Å². The third-order valence-corrected chi connectivity index (χ3v) is 4.33. The van der Waals surface area contributed by atoms with E-state index in [-0.39, 0.29) is 5.91 Å². The highest BCUT2D eigenvalue weighted by atomic mass is 32.2. The van der Waals surface area contributed by atoms with Gasteiger partial charge in [-0.1, -0.05) is 6.07 Å². The van der Waals surface area contributed by atoms with E-state index in [1.807, 2.05) is 35.9 Å². The van der Waals surface area contributed by atoms with Gasteiger partial charge in [-0.25, -0.2) is 9.97 Å². The van der Waals surface area contributed by atoms with E-state index >= 15 is 0 Å². The fraction of sp³-hybridized carbons (Fsp3) is 0.235. The van der Waals surface area contributed by atoms with Gasteiger partial charge < -0.3 is 14.5 Å². The Balaban J connectivity index is 1.50. The molecule has 0 aromatic carbocycles. The Morgan fingerprint density at radius 1 is 1.29 bits per heavy atom. The third-order valence-electron chi connectivity index (χ3n) is 3.36. The minimum absolute atomic E-state index is 0.0634. The predicted molar refractivity (Wildman–Crippen MR) is 95.5 cm³/mol. The van der Waals surface area contributed by atoms with Gasteiger partial charge in [0.1, 0.15) is 5.65 Å². The fourth-order valence-corrected chi connectivity index (χ4v) is 2.95. The van der Waals surface area contributed by atoms with Crippen LogP contribution in [0.15, 0.2) is 42.9 Å². The van der Waals surface area contributed by atoms with Crippen molar-refractivity contribution in [3.05, 3.63) is 54.1 Å². The van der Waals surface area contributed by atoms with Gasteiger partial charge in [0.05, 0.1) is 30.4 Å². The second-order valence-corrected chi connectivity index (χ2v) is 6.32. The van der Waals surface area contributed by atoms with Crippen molar-refractivity contribution >= 4 is 29.0 Å².